The van der Waals surface area contributed by atoms with Gasteiger partial charge in [0.1, 0.15) is 0 Å². The standard InChI is InChI=1S/C8H12O2/c1-3-4-7-5-6-8(2,9)10-7/h3,5,9H,1,4,6H2,2H3. The first kappa shape index (κ1) is 7.35. The number of hydrogen-bond donors (Lipinski definition) is 1. The number of hydrogen-bond acceptors (Lipinski definition) is 2. The second kappa shape index (κ2) is 2.46. The molecule has 1 N–H and O–H groups in total. The highest BCUT2D eigenvalue weighted by Gasteiger charge is 2.26. The van der Waals surface area contributed by atoms with Crippen molar-refractivity contribution in [1.29, 1.82) is 0 Å². The molecule has 0 aliphatic carbocycles. The van der Waals surface area contributed by atoms with Crippen molar-refractivity contribution in [2.45, 2.75) is 25.6 Å². The molecule has 1 aliphatic rings. The van der Waals surface area contributed by atoms with Gasteiger partial charge in [-0.2, -0.15) is 0 Å². The third-order valence-corrected chi connectivity index (χ3v) is 1.40. The van der Waals surface area contributed by atoms with Gasteiger partial charge in [-0.3, -0.25) is 0 Å². The van der Waals surface area contributed by atoms with Crippen molar-refractivity contribution in [3.05, 3.63) is 24.5 Å². The molecule has 1 aliphatic heterocycles. The molecular formula is C8H12O2. The predicted octanol–water partition coefficient (Wildman–Crippen LogP) is 1.58. The maximum Gasteiger partial charge on any atom is 0.208 e. The van der Waals surface area contributed by atoms with Crippen LogP contribution >= 0.6 is 0 Å². The Balaban J connectivity index is 2.46. The summed E-state index contributed by atoms with van der Waals surface area (Å²) in [6, 6.07) is 0. The Kier molecular flexibility index (Phi) is 1.81. The molecule has 0 bridgehead atoms. The van der Waals surface area contributed by atoms with Crippen LogP contribution in [0.4, 0.5) is 0 Å². The van der Waals surface area contributed by atoms with Gasteiger partial charge in [-0.25, -0.2) is 0 Å². The molecule has 2 heteroatoms. The Labute approximate surface area is 60.8 Å². The van der Waals surface area contributed by atoms with E-state index in [9.17, 15) is 5.11 Å². The minimum absolute atomic E-state index is 0.580. The van der Waals surface area contributed by atoms with E-state index in [1.165, 1.54) is 0 Å². The van der Waals surface area contributed by atoms with Crippen LogP contribution in [0.5, 0.6) is 0 Å². The Hall–Kier alpha value is -0.760. The highest BCUT2D eigenvalue weighted by Crippen LogP contribution is 2.26. The first-order chi connectivity index (χ1) is 4.64. The van der Waals surface area contributed by atoms with E-state index in [1.54, 1.807) is 13.0 Å². The number of rotatable bonds is 2. The van der Waals surface area contributed by atoms with Crippen LogP contribution in [-0.2, 0) is 4.74 Å². The molecule has 2 nitrogen and oxygen atoms in total. The Morgan fingerprint density at radius 1 is 2.00 bits per heavy atom. The topological polar surface area (TPSA) is 29.5 Å². The molecule has 1 atom stereocenters. The van der Waals surface area contributed by atoms with E-state index in [2.05, 4.69) is 6.58 Å². The minimum atomic E-state index is -0.974. The minimum Gasteiger partial charge on any atom is -0.467 e. The highest BCUT2D eigenvalue weighted by atomic mass is 16.6. The van der Waals surface area contributed by atoms with Crippen molar-refractivity contribution in [2.75, 3.05) is 0 Å². The van der Waals surface area contributed by atoms with Gasteiger partial charge < -0.3 is 9.84 Å². The molecule has 1 unspecified atom stereocenters. The summed E-state index contributed by atoms with van der Waals surface area (Å²) in [5.74, 6) is -0.154. The first-order valence-corrected chi connectivity index (χ1v) is 3.35. The van der Waals surface area contributed by atoms with E-state index in [1.807, 2.05) is 6.08 Å². The van der Waals surface area contributed by atoms with Crippen molar-refractivity contribution in [1.82, 2.24) is 0 Å². The summed E-state index contributed by atoms with van der Waals surface area (Å²) in [7, 11) is 0. The zero-order valence-corrected chi connectivity index (χ0v) is 6.13. The van der Waals surface area contributed by atoms with Crippen molar-refractivity contribution in [3.63, 3.8) is 0 Å². The largest absolute Gasteiger partial charge is 0.467 e. The molecule has 1 rings (SSSR count). The normalized spacial score (nSPS) is 31.2. The quantitative estimate of drug-likeness (QED) is 0.590. The Morgan fingerprint density at radius 3 is 3.10 bits per heavy atom. The molecule has 0 aromatic rings. The summed E-state index contributed by atoms with van der Waals surface area (Å²) in [5, 5.41) is 9.28. The first-order valence-electron chi connectivity index (χ1n) is 3.35. The van der Waals surface area contributed by atoms with Crippen molar-refractivity contribution < 1.29 is 9.84 Å². The molecule has 0 aromatic carbocycles. The lowest BCUT2D eigenvalue weighted by Gasteiger charge is -2.17. The maximum atomic E-state index is 9.28. The summed E-state index contributed by atoms with van der Waals surface area (Å²) in [4.78, 5) is 0. The van der Waals surface area contributed by atoms with Gasteiger partial charge in [0.05, 0.1) is 5.76 Å². The van der Waals surface area contributed by atoms with Gasteiger partial charge in [0.2, 0.25) is 5.79 Å². The average Bonchev–Trinajstić information content (AvgIpc) is 2.12. The van der Waals surface area contributed by atoms with E-state index in [0.717, 1.165) is 5.76 Å². The monoisotopic (exact) mass is 140 g/mol. The van der Waals surface area contributed by atoms with Crippen LogP contribution in [0.1, 0.15) is 19.8 Å². The molecule has 0 saturated heterocycles. The summed E-state index contributed by atoms with van der Waals surface area (Å²) in [5.41, 5.74) is 0. The SMILES string of the molecule is C=CCC1=CCC(C)(O)O1. The third kappa shape index (κ3) is 1.61. The zero-order chi connectivity index (χ0) is 7.61. The van der Waals surface area contributed by atoms with Gasteiger partial charge >= 0.3 is 0 Å². The van der Waals surface area contributed by atoms with Crippen LogP contribution in [0.25, 0.3) is 0 Å². The van der Waals surface area contributed by atoms with Gasteiger partial charge in [0.15, 0.2) is 0 Å². The second-order valence-corrected chi connectivity index (χ2v) is 2.64. The van der Waals surface area contributed by atoms with Gasteiger partial charge in [-0.1, -0.05) is 6.08 Å². The number of aliphatic hydroxyl groups is 1. The Bertz CT molecular complexity index is 168. The van der Waals surface area contributed by atoms with Crippen molar-refractivity contribution in [3.8, 4) is 0 Å². The fourth-order valence-corrected chi connectivity index (χ4v) is 0.936. The van der Waals surface area contributed by atoms with Gasteiger partial charge in [-0.15, -0.1) is 6.58 Å². The molecule has 1 heterocycles. The van der Waals surface area contributed by atoms with Crippen molar-refractivity contribution >= 4 is 0 Å². The van der Waals surface area contributed by atoms with E-state index < -0.39 is 5.79 Å². The molecule has 56 valence electrons. The fraction of sp³-hybridized carbons (Fsp3) is 0.500. The summed E-state index contributed by atoms with van der Waals surface area (Å²) < 4.78 is 5.13. The molecule has 10 heavy (non-hydrogen) atoms. The molecular weight excluding hydrogens is 128 g/mol. The van der Waals surface area contributed by atoms with Crippen LogP contribution in [0.3, 0.4) is 0 Å². The third-order valence-electron chi connectivity index (χ3n) is 1.40. The summed E-state index contributed by atoms with van der Waals surface area (Å²) in [6.07, 6.45) is 4.93. The fourth-order valence-electron chi connectivity index (χ4n) is 0.936. The van der Waals surface area contributed by atoms with E-state index in [0.29, 0.717) is 12.8 Å². The number of allylic oxidation sites excluding steroid dienone is 1. The predicted molar refractivity (Wildman–Crippen MR) is 39.2 cm³/mol. The van der Waals surface area contributed by atoms with Gasteiger partial charge in [0, 0.05) is 19.8 Å². The van der Waals surface area contributed by atoms with Crippen LogP contribution < -0.4 is 0 Å². The van der Waals surface area contributed by atoms with Crippen LogP contribution in [-0.4, -0.2) is 10.9 Å². The smallest absolute Gasteiger partial charge is 0.208 e. The van der Waals surface area contributed by atoms with Crippen molar-refractivity contribution in [2.24, 2.45) is 0 Å². The zero-order valence-electron chi connectivity index (χ0n) is 6.13. The lowest BCUT2D eigenvalue weighted by Crippen LogP contribution is -2.21. The Morgan fingerprint density at radius 2 is 2.70 bits per heavy atom. The summed E-state index contributed by atoms with van der Waals surface area (Å²) >= 11 is 0. The van der Waals surface area contributed by atoms with E-state index in [-0.39, 0.29) is 0 Å². The van der Waals surface area contributed by atoms with E-state index in [4.69, 9.17) is 4.74 Å². The van der Waals surface area contributed by atoms with E-state index >= 15 is 0 Å². The lowest BCUT2D eigenvalue weighted by atomic mass is 10.2. The van der Waals surface area contributed by atoms with Gasteiger partial charge in [0.25, 0.3) is 0 Å². The van der Waals surface area contributed by atoms with Crippen LogP contribution in [0.15, 0.2) is 24.5 Å². The molecule has 0 fully saturated rings. The van der Waals surface area contributed by atoms with Crippen LogP contribution in [0, 0.1) is 0 Å². The number of ether oxygens (including phenoxy) is 1. The molecule has 0 saturated carbocycles. The second-order valence-electron chi connectivity index (χ2n) is 2.64. The molecule has 0 spiro atoms. The van der Waals surface area contributed by atoms with Crippen LogP contribution in [0.2, 0.25) is 0 Å². The van der Waals surface area contributed by atoms with Gasteiger partial charge in [-0.05, 0) is 6.08 Å². The molecule has 0 amide bonds. The lowest BCUT2D eigenvalue weighted by molar-refractivity contribution is -0.145. The molecule has 0 aromatic heterocycles. The highest BCUT2D eigenvalue weighted by molar-refractivity contribution is 5.06. The molecule has 0 radical (unpaired) electrons. The average molecular weight is 140 g/mol. The summed E-state index contributed by atoms with van der Waals surface area (Å²) in [6.45, 7) is 5.22. The maximum absolute atomic E-state index is 9.28.